The normalized spacial score (nSPS) is 12.7. The van der Waals surface area contributed by atoms with Gasteiger partial charge in [0.25, 0.3) is 0 Å². The quantitative estimate of drug-likeness (QED) is 0.835. The highest BCUT2D eigenvalue weighted by atomic mass is 35.5. The van der Waals surface area contributed by atoms with Crippen LogP contribution in [0.3, 0.4) is 0 Å². The van der Waals surface area contributed by atoms with Gasteiger partial charge in [0.15, 0.2) is 0 Å². The van der Waals surface area contributed by atoms with E-state index in [4.69, 9.17) is 21.2 Å². The van der Waals surface area contributed by atoms with Crippen molar-refractivity contribution in [3.8, 4) is 0 Å². The molecule has 0 fully saturated rings. The van der Waals surface area contributed by atoms with Crippen LogP contribution in [0, 0.1) is 6.92 Å². The van der Waals surface area contributed by atoms with Gasteiger partial charge in [0.1, 0.15) is 17.3 Å². The highest BCUT2D eigenvalue weighted by Crippen LogP contribution is 2.30. The van der Waals surface area contributed by atoms with E-state index in [-0.39, 0.29) is 12.0 Å². The number of hydrogen-bond acceptors (Lipinski definition) is 3. The Balaban J connectivity index is 2.31. The zero-order valence-electron chi connectivity index (χ0n) is 8.85. The fraction of sp³-hybridized carbons (Fsp3) is 0.250. The summed E-state index contributed by atoms with van der Waals surface area (Å²) >= 11 is 6.28. The van der Waals surface area contributed by atoms with Crippen LogP contribution in [0.4, 0.5) is 0 Å². The van der Waals surface area contributed by atoms with Crippen LogP contribution >= 0.6 is 11.6 Å². The molecule has 1 aromatic heterocycles. The predicted molar refractivity (Wildman–Crippen MR) is 61.3 cm³/mol. The summed E-state index contributed by atoms with van der Waals surface area (Å²) in [4.78, 5) is 0. The van der Waals surface area contributed by atoms with Crippen molar-refractivity contribution in [1.82, 2.24) is 5.16 Å². The standard InChI is InChI=1S/C12H12ClNO2/c1-8-2-4-9(5-3-8)11(13)12-10(6-15)7-16-14-12/h2-5,7,11,15H,6H2,1H3. The number of aryl methyl sites for hydroxylation is 1. The molecule has 3 nitrogen and oxygen atoms in total. The number of aromatic nitrogens is 1. The average Bonchev–Trinajstić information content (AvgIpc) is 2.77. The molecular formula is C12H12ClNO2. The van der Waals surface area contributed by atoms with E-state index in [1.807, 2.05) is 31.2 Å². The lowest BCUT2D eigenvalue weighted by molar-refractivity contribution is 0.279. The number of hydrogen-bond donors (Lipinski definition) is 1. The molecule has 16 heavy (non-hydrogen) atoms. The van der Waals surface area contributed by atoms with Crippen molar-refractivity contribution in [2.45, 2.75) is 18.9 Å². The Hall–Kier alpha value is -1.32. The minimum atomic E-state index is -0.388. The van der Waals surface area contributed by atoms with Crippen LogP contribution in [-0.2, 0) is 6.61 Å². The molecule has 0 aliphatic heterocycles. The van der Waals surface area contributed by atoms with Crippen molar-refractivity contribution in [3.05, 3.63) is 52.9 Å². The van der Waals surface area contributed by atoms with Gasteiger partial charge >= 0.3 is 0 Å². The van der Waals surface area contributed by atoms with E-state index in [1.54, 1.807) is 0 Å². The molecule has 1 atom stereocenters. The maximum absolute atomic E-state index is 9.09. The first kappa shape index (κ1) is 11.2. The zero-order valence-corrected chi connectivity index (χ0v) is 9.61. The van der Waals surface area contributed by atoms with Crippen molar-refractivity contribution < 1.29 is 9.63 Å². The first-order valence-electron chi connectivity index (χ1n) is 4.97. The number of aliphatic hydroxyl groups is 1. The third-order valence-electron chi connectivity index (χ3n) is 2.46. The maximum atomic E-state index is 9.09. The molecule has 0 bridgehead atoms. The second kappa shape index (κ2) is 4.68. The number of aliphatic hydroxyl groups excluding tert-OH is 1. The van der Waals surface area contributed by atoms with Crippen LogP contribution in [0.25, 0.3) is 0 Å². The third kappa shape index (κ3) is 2.10. The van der Waals surface area contributed by atoms with Crippen molar-refractivity contribution in [2.24, 2.45) is 0 Å². The Bertz CT molecular complexity index is 464. The number of rotatable bonds is 3. The highest BCUT2D eigenvalue weighted by Gasteiger charge is 2.18. The predicted octanol–water partition coefficient (Wildman–Crippen LogP) is 2.80. The number of alkyl halides is 1. The van der Waals surface area contributed by atoms with Gasteiger partial charge < -0.3 is 9.63 Å². The number of benzene rings is 1. The number of nitrogens with zero attached hydrogens (tertiary/aromatic N) is 1. The summed E-state index contributed by atoms with van der Waals surface area (Å²) in [6.07, 6.45) is 1.42. The molecule has 0 saturated heterocycles. The van der Waals surface area contributed by atoms with E-state index in [0.717, 1.165) is 5.56 Å². The first-order valence-corrected chi connectivity index (χ1v) is 5.40. The first-order chi connectivity index (χ1) is 7.72. The molecule has 0 amide bonds. The van der Waals surface area contributed by atoms with E-state index in [2.05, 4.69) is 5.16 Å². The van der Waals surface area contributed by atoms with Crippen LogP contribution in [0.1, 0.15) is 27.8 Å². The van der Waals surface area contributed by atoms with Crippen molar-refractivity contribution in [1.29, 1.82) is 0 Å². The van der Waals surface area contributed by atoms with Crippen molar-refractivity contribution in [2.75, 3.05) is 0 Å². The summed E-state index contributed by atoms with van der Waals surface area (Å²) in [6.45, 7) is 1.90. The van der Waals surface area contributed by atoms with Gasteiger partial charge in [-0.2, -0.15) is 0 Å². The SMILES string of the molecule is Cc1ccc(C(Cl)c2nocc2CO)cc1. The molecule has 0 aliphatic rings. The van der Waals surface area contributed by atoms with Gasteiger partial charge in [0, 0.05) is 5.56 Å². The monoisotopic (exact) mass is 237 g/mol. The molecule has 1 heterocycles. The van der Waals surface area contributed by atoms with E-state index in [9.17, 15) is 0 Å². The van der Waals surface area contributed by atoms with Gasteiger partial charge in [-0.3, -0.25) is 0 Å². The summed E-state index contributed by atoms with van der Waals surface area (Å²) < 4.78 is 4.81. The summed E-state index contributed by atoms with van der Waals surface area (Å²) in [5.74, 6) is 0. The lowest BCUT2D eigenvalue weighted by atomic mass is 10.1. The largest absolute Gasteiger partial charge is 0.391 e. The van der Waals surface area contributed by atoms with Crippen LogP contribution in [0.2, 0.25) is 0 Å². The van der Waals surface area contributed by atoms with Gasteiger partial charge in [0.2, 0.25) is 0 Å². The van der Waals surface area contributed by atoms with Crippen LogP contribution in [-0.4, -0.2) is 10.3 Å². The van der Waals surface area contributed by atoms with Crippen LogP contribution in [0.5, 0.6) is 0 Å². The van der Waals surface area contributed by atoms with E-state index < -0.39 is 0 Å². The topological polar surface area (TPSA) is 46.3 Å². The van der Waals surface area contributed by atoms with Crippen LogP contribution < -0.4 is 0 Å². The fourth-order valence-corrected chi connectivity index (χ4v) is 1.81. The van der Waals surface area contributed by atoms with Crippen LogP contribution in [0.15, 0.2) is 35.1 Å². The molecule has 0 saturated carbocycles. The average molecular weight is 238 g/mol. The molecule has 4 heteroatoms. The Morgan fingerprint density at radius 1 is 1.38 bits per heavy atom. The summed E-state index contributed by atoms with van der Waals surface area (Å²) in [7, 11) is 0. The van der Waals surface area contributed by atoms with Gasteiger partial charge in [-0.05, 0) is 12.5 Å². The van der Waals surface area contributed by atoms with E-state index in [1.165, 1.54) is 11.8 Å². The highest BCUT2D eigenvalue weighted by molar-refractivity contribution is 6.22. The Kier molecular flexibility index (Phi) is 3.27. The third-order valence-corrected chi connectivity index (χ3v) is 2.91. The minimum absolute atomic E-state index is 0.117. The summed E-state index contributed by atoms with van der Waals surface area (Å²) in [5.41, 5.74) is 3.32. The fourth-order valence-electron chi connectivity index (χ4n) is 1.49. The molecule has 1 unspecified atom stereocenters. The van der Waals surface area contributed by atoms with Gasteiger partial charge in [-0.1, -0.05) is 35.0 Å². The molecule has 0 spiro atoms. The Morgan fingerprint density at radius 3 is 2.69 bits per heavy atom. The van der Waals surface area contributed by atoms with Crippen molar-refractivity contribution in [3.63, 3.8) is 0 Å². The Morgan fingerprint density at radius 2 is 2.06 bits per heavy atom. The van der Waals surface area contributed by atoms with Gasteiger partial charge in [-0.25, -0.2) is 0 Å². The summed E-state index contributed by atoms with van der Waals surface area (Å²) in [5, 5.41) is 12.5. The minimum Gasteiger partial charge on any atom is -0.391 e. The smallest absolute Gasteiger partial charge is 0.129 e. The molecule has 84 valence electrons. The molecule has 2 rings (SSSR count). The number of halogens is 1. The molecule has 1 aromatic carbocycles. The van der Waals surface area contributed by atoms with E-state index >= 15 is 0 Å². The molecule has 0 aliphatic carbocycles. The molecule has 0 radical (unpaired) electrons. The lowest BCUT2D eigenvalue weighted by Gasteiger charge is -2.08. The molecule has 1 N–H and O–H groups in total. The van der Waals surface area contributed by atoms with E-state index in [0.29, 0.717) is 11.3 Å². The van der Waals surface area contributed by atoms with Gasteiger partial charge in [0.05, 0.1) is 6.61 Å². The second-order valence-corrected chi connectivity index (χ2v) is 4.09. The molecular weight excluding hydrogens is 226 g/mol. The second-order valence-electron chi connectivity index (χ2n) is 3.66. The molecule has 2 aromatic rings. The summed E-state index contributed by atoms with van der Waals surface area (Å²) in [6, 6.07) is 7.87. The van der Waals surface area contributed by atoms with Crippen molar-refractivity contribution >= 4 is 11.6 Å². The lowest BCUT2D eigenvalue weighted by Crippen LogP contribution is -1.98. The Labute approximate surface area is 98.6 Å². The zero-order chi connectivity index (χ0) is 11.5. The van der Waals surface area contributed by atoms with Gasteiger partial charge in [-0.15, -0.1) is 11.6 Å². The maximum Gasteiger partial charge on any atom is 0.129 e.